The van der Waals surface area contributed by atoms with Gasteiger partial charge in [0.1, 0.15) is 0 Å². The van der Waals surface area contributed by atoms with E-state index in [-0.39, 0.29) is 12.1 Å². The van der Waals surface area contributed by atoms with E-state index in [0.717, 1.165) is 32.6 Å². The van der Waals surface area contributed by atoms with Gasteiger partial charge in [-0.3, -0.25) is 4.90 Å². The predicted octanol–water partition coefficient (Wildman–Crippen LogP) is 1.15. The lowest BCUT2D eigenvalue weighted by atomic mass is 9.98. The van der Waals surface area contributed by atoms with Gasteiger partial charge in [-0.1, -0.05) is 13.8 Å². The van der Waals surface area contributed by atoms with Crippen molar-refractivity contribution >= 4 is 0 Å². The van der Waals surface area contributed by atoms with Crippen LogP contribution in [0.25, 0.3) is 0 Å². The van der Waals surface area contributed by atoms with E-state index in [1.165, 1.54) is 19.5 Å². The summed E-state index contributed by atoms with van der Waals surface area (Å²) in [5, 5.41) is 12.9. The summed E-state index contributed by atoms with van der Waals surface area (Å²) in [6, 6.07) is 0.714. The number of hydrogen-bond acceptors (Lipinski definition) is 4. The van der Waals surface area contributed by atoms with Gasteiger partial charge in [-0.05, 0) is 33.2 Å². The number of piperazine rings is 1. The van der Waals surface area contributed by atoms with E-state index < -0.39 is 0 Å². The van der Waals surface area contributed by atoms with Gasteiger partial charge in [-0.15, -0.1) is 0 Å². The number of rotatable bonds is 8. The Bertz CT molecular complexity index is 242. The second kappa shape index (κ2) is 8.20. The van der Waals surface area contributed by atoms with Gasteiger partial charge in [0.2, 0.25) is 0 Å². The van der Waals surface area contributed by atoms with E-state index in [4.69, 9.17) is 0 Å². The first kappa shape index (κ1) is 16.9. The molecule has 1 heterocycles. The molecular weight excluding hydrogens is 238 g/mol. The fourth-order valence-electron chi connectivity index (χ4n) is 2.74. The fraction of sp³-hybridized carbons (Fsp3) is 1.00. The normalized spacial score (nSPS) is 23.2. The Balaban J connectivity index is 2.29. The SMILES string of the molecule is CCNC(C)(CO)CCN1CCN(C(C)CC)CC1. The highest BCUT2D eigenvalue weighted by Gasteiger charge is 2.25. The molecule has 0 bridgehead atoms. The molecule has 0 aromatic carbocycles. The highest BCUT2D eigenvalue weighted by Crippen LogP contribution is 2.13. The van der Waals surface area contributed by atoms with Crippen molar-refractivity contribution in [3.05, 3.63) is 0 Å². The summed E-state index contributed by atoms with van der Waals surface area (Å²) in [6.45, 7) is 15.7. The molecule has 1 rings (SSSR count). The minimum absolute atomic E-state index is 0.122. The number of likely N-dealkylation sites (N-methyl/N-ethyl adjacent to an activating group) is 1. The Morgan fingerprint density at radius 3 is 2.32 bits per heavy atom. The molecule has 0 aromatic heterocycles. The minimum atomic E-state index is -0.122. The number of nitrogens with zero attached hydrogens (tertiary/aromatic N) is 2. The highest BCUT2D eigenvalue weighted by molar-refractivity contribution is 4.84. The summed E-state index contributed by atoms with van der Waals surface area (Å²) in [6.07, 6.45) is 2.25. The molecule has 2 unspecified atom stereocenters. The largest absolute Gasteiger partial charge is 0.394 e. The van der Waals surface area contributed by atoms with Crippen molar-refractivity contribution in [1.82, 2.24) is 15.1 Å². The number of aliphatic hydroxyl groups excluding tert-OH is 1. The van der Waals surface area contributed by atoms with E-state index in [9.17, 15) is 5.11 Å². The van der Waals surface area contributed by atoms with Crippen LogP contribution >= 0.6 is 0 Å². The third-order valence-corrected chi connectivity index (χ3v) is 4.55. The quantitative estimate of drug-likeness (QED) is 0.695. The second-order valence-corrected chi connectivity index (χ2v) is 6.13. The van der Waals surface area contributed by atoms with Crippen molar-refractivity contribution in [2.24, 2.45) is 0 Å². The van der Waals surface area contributed by atoms with E-state index in [2.05, 4.69) is 42.8 Å². The predicted molar refractivity (Wildman–Crippen MR) is 81.6 cm³/mol. The van der Waals surface area contributed by atoms with E-state index in [1.807, 2.05) is 0 Å². The Labute approximate surface area is 119 Å². The van der Waals surface area contributed by atoms with Crippen LogP contribution in [-0.4, -0.2) is 72.4 Å². The Morgan fingerprint density at radius 1 is 1.21 bits per heavy atom. The summed E-state index contributed by atoms with van der Waals surface area (Å²) in [4.78, 5) is 5.12. The lowest BCUT2D eigenvalue weighted by Crippen LogP contribution is -2.52. The second-order valence-electron chi connectivity index (χ2n) is 6.13. The third-order valence-electron chi connectivity index (χ3n) is 4.55. The maximum Gasteiger partial charge on any atom is 0.0611 e. The molecule has 19 heavy (non-hydrogen) atoms. The first-order chi connectivity index (χ1) is 9.04. The number of nitrogens with one attached hydrogen (secondary N) is 1. The van der Waals surface area contributed by atoms with Crippen molar-refractivity contribution in [2.45, 2.75) is 52.1 Å². The topological polar surface area (TPSA) is 38.7 Å². The molecular formula is C15H33N3O. The van der Waals surface area contributed by atoms with Crippen LogP contribution < -0.4 is 5.32 Å². The molecule has 0 aromatic rings. The first-order valence-electron chi connectivity index (χ1n) is 7.87. The van der Waals surface area contributed by atoms with Crippen molar-refractivity contribution in [2.75, 3.05) is 45.9 Å². The van der Waals surface area contributed by atoms with Gasteiger partial charge < -0.3 is 15.3 Å². The maximum atomic E-state index is 9.50. The average molecular weight is 271 g/mol. The minimum Gasteiger partial charge on any atom is -0.394 e. The Kier molecular flexibility index (Phi) is 7.29. The Hall–Kier alpha value is -0.160. The number of aliphatic hydroxyl groups is 1. The zero-order valence-corrected chi connectivity index (χ0v) is 13.3. The van der Waals surface area contributed by atoms with Crippen LogP contribution in [0, 0.1) is 0 Å². The van der Waals surface area contributed by atoms with Gasteiger partial charge in [0, 0.05) is 44.3 Å². The molecule has 114 valence electrons. The van der Waals surface area contributed by atoms with Crippen molar-refractivity contribution in [1.29, 1.82) is 0 Å². The monoisotopic (exact) mass is 271 g/mol. The van der Waals surface area contributed by atoms with Crippen LogP contribution in [0.3, 0.4) is 0 Å². The van der Waals surface area contributed by atoms with Crippen LogP contribution in [0.15, 0.2) is 0 Å². The standard InChI is InChI=1S/C15H33N3O/c1-5-14(3)18-11-9-17(10-12-18)8-7-15(4,13-19)16-6-2/h14,16,19H,5-13H2,1-4H3. The smallest absolute Gasteiger partial charge is 0.0611 e. The molecule has 1 saturated heterocycles. The van der Waals surface area contributed by atoms with E-state index >= 15 is 0 Å². The average Bonchev–Trinajstić information content (AvgIpc) is 2.45. The highest BCUT2D eigenvalue weighted by atomic mass is 16.3. The molecule has 2 N–H and O–H groups in total. The molecule has 0 spiro atoms. The third kappa shape index (κ3) is 5.38. The first-order valence-corrected chi connectivity index (χ1v) is 7.87. The summed E-state index contributed by atoms with van der Waals surface area (Å²) in [5.74, 6) is 0. The summed E-state index contributed by atoms with van der Waals surface area (Å²) >= 11 is 0. The summed E-state index contributed by atoms with van der Waals surface area (Å²) < 4.78 is 0. The molecule has 0 aliphatic carbocycles. The van der Waals surface area contributed by atoms with Crippen molar-refractivity contribution < 1.29 is 5.11 Å². The van der Waals surface area contributed by atoms with Crippen LogP contribution in [0.4, 0.5) is 0 Å². The van der Waals surface area contributed by atoms with Crippen LogP contribution in [0.2, 0.25) is 0 Å². The fourth-order valence-corrected chi connectivity index (χ4v) is 2.74. The molecule has 4 nitrogen and oxygen atoms in total. The molecule has 0 saturated carbocycles. The van der Waals surface area contributed by atoms with Gasteiger partial charge in [0.15, 0.2) is 0 Å². The van der Waals surface area contributed by atoms with Gasteiger partial charge in [0.05, 0.1) is 6.61 Å². The van der Waals surface area contributed by atoms with Crippen LogP contribution in [-0.2, 0) is 0 Å². The zero-order chi connectivity index (χ0) is 14.3. The summed E-state index contributed by atoms with van der Waals surface area (Å²) in [7, 11) is 0. The van der Waals surface area contributed by atoms with Gasteiger partial charge >= 0.3 is 0 Å². The van der Waals surface area contributed by atoms with Crippen molar-refractivity contribution in [3.63, 3.8) is 0 Å². The molecule has 1 aliphatic heterocycles. The van der Waals surface area contributed by atoms with Crippen LogP contribution in [0.1, 0.15) is 40.5 Å². The van der Waals surface area contributed by atoms with Crippen molar-refractivity contribution in [3.8, 4) is 0 Å². The molecule has 2 atom stereocenters. The lowest BCUT2D eigenvalue weighted by Gasteiger charge is -2.39. The van der Waals surface area contributed by atoms with Gasteiger partial charge in [-0.2, -0.15) is 0 Å². The molecule has 1 fully saturated rings. The van der Waals surface area contributed by atoms with Gasteiger partial charge in [0.25, 0.3) is 0 Å². The van der Waals surface area contributed by atoms with E-state index in [1.54, 1.807) is 0 Å². The lowest BCUT2D eigenvalue weighted by molar-refractivity contribution is 0.0858. The van der Waals surface area contributed by atoms with Gasteiger partial charge in [-0.25, -0.2) is 0 Å². The van der Waals surface area contributed by atoms with Crippen LogP contribution in [0.5, 0.6) is 0 Å². The molecule has 0 radical (unpaired) electrons. The molecule has 1 aliphatic rings. The van der Waals surface area contributed by atoms with E-state index in [0.29, 0.717) is 6.04 Å². The number of hydrogen-bond donors (Lipinski definition) is 2. The molecule has 4 heteroatoms. The molecule has 0 amide bonds. The zero-order valence-electron chi connectivity index (χ0n) is 13.3. The summed E-state index contributed by atoms with van der Waals surface area (Å²) in [5.41, 5.74) is -0.122. The Morgan fingerprint density at radius 2 is 1.84 bits per heavy atom. The maximum absolute atomic E-state index is 9.50.